The van der Waals surface area contributed by atoms with Crippen LogP contribution in [-0.4, -0.2) is 11.1 Å². The third-order valence-electron chi connectivity index (χ3n) is 2.87. The molecule has 2 aromatic rings. The highest BCUT2D eigenvalue weighted by Crippen LogP contribution is 2.35. The lowest BCUT2D eigenvalue weighted by Crippen LogP contribution is -2.06. The molecule has 2 aromatic carbocycles. The molecule has 0 aliphatic carbocycles. The number of halogens is 5. The van der Waals surface area contributed by atoms with Crippen LogP contribution in [0.2, 0.25) is 10.0 Å². The lowest BCUT2D eigenvalue weighted by molar-refractivity contribution is -0.384. The van der Waals surface area contributed by atoms with Crippen LogP contribution in [-0.2, 0) is 6.18 Å². The van der Waals surface area contributed by atoms with Gasteiger partial charge in [0.2, 0.25) is 0 Å². The first-order chi connectivity index (χ1) is 11.2. The number of anilines is 1. The molecule has 1 N–H and O–H groups in total. The number of hydrazone groups is 1. The van der Waals surface area contributed by atoms with Crippen LogP contribution in [0.1, 0.15) is 11.1 Å². The third kappa shape index (κ3) is 4.36. The SMILES string of the molecule is O=[N+]([O-])c1cc(C(F)(F)F)ccc1N/N=C\c1ccc(Cl)cc1Cl. The van der Waals surface area contributed by atoms with E-state index in [4.69, 9.17) is 23.2 Å². The van der Waals surface area contributed by atoms with Gasteiger partial charge in [-0.1, -0.05) is 29.3 Å². The van der Waals surface area contributed by atoms with Crippen molar-refractivity contribution in [1.29, 1.82) is 0 Å². The molecular formula is C14H8Cl2F3N3O2. The monoisotopic (exact) mass is 377 g/mol. The second-order valence-electron chi connectivity index (χ2n) is 4.52. The first kappa shape index (κ1) is 18.0. The number of alkyl halides is 3. The summed E-state index contributed by atoms with van der Waals surface area (Å²) >= 11 is 11.7. The number of nitro groups is 1. The van der Waals surface area contributed by atoms with Crippen molar-refractivity contribution in [3.63, 3.8) is 0 Å². The zero-order valence-electron chi connectivity index (χ0n) is 11.6. The van der Waals surface area contributed by atoms with E-state index in [-0.39, 0.29) is 5.69 Å². The molecule has 0 saturated carbocycles. The van der Waals surface area contributed by atoms with Gasteiger partial charge in [0.25, 0.3) is 5.69 Å². The van der Waals surface area contributed by atoms with Crippen LogP contribution in [0.15, 0.2) is 41.5 Å². The van der Waals surface area contributed by atoms with Crippen molar-refractivity contribution in [2.75, 3.05) is 5.43 Å². The highest BCUT2D eigenvalue weighted by Gasteiger charge is 2.33. The maximum atomic E-state index is 12.6. The number of benzene rings is 2. The van der Waals surface area contributed by atoms with Gasteiger partial charge in [0.05, 0.1) is 21.7 Å². The molecule has 0 aliphatic rings. The molecule has 0 aliphatic heterocycles. The highest BCUT2D eigenvalue weighted by molar-refractivity contribution is 6.36. The fourth-order valence-corrected chi connectivity index (χ4v) is 2.19. The molecule has 10 heteroatoms. The Morgan fingerprint density at radius 1 is 1.17 bits per heavy atom. The summed E-state index contributed by atoms with van der Waals surface area (Å²) in [4.78, 5) is 10.0. The van der Waals surface area contributed by atoms with Gasteiger partial charge in [0.1, 0.15) is 5.69 Å². The average Bonchev–Trinajstić information content (AvgIpc) is 2.48. The zero-order chi connectivity index (χ0) is 17.9. The topological polar surface area (TPSA) is 67.5 Å². The highest BCUT2D eigenvalue weighted by atomic mass is 35.5. The van der Waals surface area contributed by atoms with Crippen molar-refractivity contribution in [1.82, 2.24) is 0 Å². The summed E-state index contributed by atoms with van der Waals surface area (Å²) in [6, 6.07) is 6.70. The second-order valence-corrected chi connectivity index (χ2v) is 5.37. The number of rotatable bonds is 4. The van der Waals surface area contributed by atoms with Crippen molar-refractivity contribution >= 4 is 40.8 Å². The van der Waals surface area contributed by atoms with E-state index in [2.05, 4.69) is 10.5 Å². The lowest BCUT2D eigenvalue weighted by atomic mass is 10.1. The predicted octanol–water partition coefficient (Wildman–Crippen LogP) is 5.37. The Balaban J connectivity index is 2.26. The first-order valence-corrected chi connectivity index (χ1v) is 7.04. The van der Waals surface area contributed by atoms with Gasteiger partial charge in [0.15, 0.2) is 0 Å². The number of hydrogen-bond donors (Lipinski definition) is 1. The van der Waals surface area contributed by atoms with Crippen molar-refractivity contribution < 1.29 is 18.1 Å². The van der Waals surface area contributed by atoms with E-state index in [0.717, 1.165) is 12.1 Å². The van der Waals surface area contributed by atoms with Gasteiger partial charge in [-0.15, -0.1) is 0 Å². The quantitative estimate of drug-likeness (QED) is 0.442. The molecule has 0 saturated heterocycles. The standard InChI is InChI=1S/C14H8Cl2F3N3O2/c15-10-3-1-8(11(16)6-10)7-20-21-12-4-2-9(14(17,18)19)5-13(12)22(23)24/h1-7,21H/b20-7-. The summed E-state index contributed by atoms with van der Waals surface area (Å²) < 4.78 is 37.8. The van der Waals surface area contributed by atoms with Gasteiger partial charge in [-0.05, 0) is 24.3 Å². The Morgan fingerprint density at radius 2 is 1.88 bits per heavy atom. The van der Waals surface area contributed by atoms with E-state index in [1.54, 1.807) is 12.1 Å². The molecule has 0 aromatic heterocycles. The van der Waals surface area contributed by atoms with Gasteiger partial charge in [-0.3, -0.25) is 15.5 Å². The summed E-state index contributed by atoms with van der Waals surface area (Å²) in [6.45, 7) is 0. The smallest absolute Gasteiger partial charge is 0.272 e. The number of nitro benzene ring substituents is 1. The molecule has 24 heavy (non-hydrogen) atoms. The summed E-state index contributed by atoms with van der Waals surface area (Å²) in [5.74, 6) is 0. The maximum Gasteiger partial charge on any atom is 0.416 e. The molecule has 0 heterocycles. The van der Waals surface area contributed by atoms with Gasteiger partial charge in [0, 0.05) is 16.7 Å². The molecule has 0 atom stereocenters. The second kappa shape index (κ2) is 7.06. The van der Waals surface area contributed by atoms with E-state index >= 15 is 0 Å². The Bertz CT molecular complexity index is 810. The van der Waals surface area contributed by atoms with Gasteiger partial charge in [-0.2, -0.15) is 18.3 Å². The van der Waals surface area contributed by atoms with Crippen LogP contribution >= 0.6 is 23.2 Å². The molecule has 5 nitrogen and oxygen atoms in total. The maximum absolute atomic E-state index is 12.6. The molecule has 0 unspecified atom stereocenters. The molecule has 0 amide bonds. The summed E-state index contributed by atoms with van der Waals surface area (Å²) in [6.07, 6.45) is -3.41. The van der Waals surface area contributed by atoms with Crippen LogP contribution < -0.4 is 5.43 Å². The Labute approximate surface area is 143 Å². The Morgan fingerprint density at radius 3 is 2.46 bits per heavy atom. The zero-order valence-corrected chi connectivity index (χ0v) is 13.2. The molecule has 0 fully saturated rings. The minimum atomic E-state index is -4.68. The van der Waals surface area contributed by atoms with Crippen LogP contribution in [0.25, 0.3) is 0 Å². The van der Waals surface area contributed by atoms with Crippen molar-refractivity contribution in [2.45, 2.75) is 6.18 Å². The number of nitrogens with zero attached hydrogens (tertiary/aromatic N) is 2. The predicted molar refractivity (Wildman–Crippen MR) is 85.8 cm³/mol. The fraction of sp³-hybridized carbons (Fsp3) is 0.0714. The van der Waals surface area contributed by atoms with Crippen molar-refractivity contribution in [3.8, 4) is 0 Å². The number of hydrogen-bond acceptors (Lipinski definition) is 4. The van der Waals surface area contributed by atoms with Gasteiger partial charge in [-0.25, -0.2) is 0 Å². The summed E-state index contributed by atoms with van der Waals surface area (Å²) in [5.41, 5.74) is 0.755. The van der Waals surface area contributed by atoms with Crippen molar-refractivity contribution in [3.05, 3.63) is 67.7 Å². The molecule has 2 rings (SSSR count). The van der Waals surface area contributed by atoms with Gasteiger partial charge >= 0.3 is 6.18 Å². The molecular weight excluding hydrogens is 370 g/mol. The molecule has 0 bridgehead atoms. The normalized spacial score (nSPS) is 11.7. The van der Waals surface area contributed by atoms with E-state index < -0.39 is 22.4 Å². The summed E-state index contributed by atoms with van der Waals surface area (Å²) in [7, 11) is 0. The van der Waals surface area contributed by atoms with E-state index in [0.29, 0.717) is 21.7 Å². The molecule has 0 radical (unpaired) electrons. The molecule has 0 spiro atoms. The minimum Gasteiger partial charge on any atom is -0.272 e. The van der Waals surface area contributed by atoms with E-state index in [9.17, 15) is 23.3 Å². The first-order valence-electron chi connectivity index (χ1n) is 6.28. The summed E-state index contributed by atoms with van der Waals surface area (Å²) in [5, 5.41) is 15.4. The van der Waals surface area contributed by atoms with Crippen LogP contribution in [0.3, 0.4) is 0 Å². The van der Waals surface area contributed by atoms with Crippen LogP contribution in [0.5, 0.6) is 0 Å². The average molecular weight is 378 g/mol. The largest absolute Gasteiger partial charge is 0.416 e. The third-order valence-corrected chi connectivity index (χ3v) is 3.44. The fourth-order valence-electron chi connectivity index (χ4n) is 1.73. The van der Waals surface area contributed by atoms with E-state index in [1.165, 1.54) is 12.3 Å². The van der Waals surface area contributed by atoms with Crippen molar-refractivity contribution in [2.24, 2.45) is 5.10 Å². The van der Waals surface area contributed by atoms with Crippen LogP contribution in [0, 0.1) is 10.1 Å². The van der Waals surface area contributed by atoms with Gasteiger partial charge < -0.3 is 0 Å². The van der Waals surface area contributed by atoms with E-state index in [1.807, 2.05) is 0 Å². The Hall–Kier alpha value is -2.32. The van der Waals surface area contributed by atoms with Crippen LogP contribution in [0.4, 0.5) is 24.5 Å². The lowest BCUT2D eigenvalue weighted by Gasteiger charge is -2.08. The number of nitrogens with one attached hydrogen (secondary N) is 1. The minimum absolute atomic E-state index is 0.186. The molecule has 126 valence electrons. The Kier molecular flexibility index (Phi) is 5.30.